The molecular formula is C26H30F3NO3S. The highest BCUT2D eigenvalue weighted by Crippen LogP contribution is 2.37. The van der Waals surface area contributed by atoms with Gasteiger partial charge in [-0.2, -0.15) is 13.2 Å². The van der Waals surface area contributed by atoms with Gasteiger partial charge in [-0.05, 0) is 66.3 Å². The summed E-state index contributed by atoms with van der Waals surface area (Å²) < 4.78 is 43.8. The molecule has 1 N–H and O–H groups in total. The standard InChI is InChI=1S/C26H30F3NO3S/c1-3-5-11-33-20-7-8-21(18(4-2)15-20)25-22(31)13-17(14-23(25)32)10-12-34-24-9-6-19(16-30-24)26(27,28)29/h6-9,15-17,31H,3-5,10-14H2,1-2H3. The van der Waals surface area contributed by atoms with Gasteiger partial charge in [0.25, 0.3) is 0 Å². The fourth-order valence-corrected chi connectivity index (χ4v) is 4.93. The van der Waals surface area contributed by atoms with Gasteiger partial charge in [-0.15, -0.1) is 11.8 Å². The Labute approximate surface area is 202 Å². The van der Waals surface area contributed by atoms with E-state index in [0.717, 1.165) is 42.0 Å². The number of unbranched alkanes of at least 4 members (excludes halogenated alkanes) is 1. The van der Waals surface area contributed by atoms with Gasteiger partial charge < -0.3 is 9.84 Å². The molecule has 1 atom stereocenters. The Morgan fingerprint density at radius 3 is 2.59 bits per heavy atom. The smallest absolute Gasteiger partial charge is 0.417 e. The second kappa shape index (κ2) is 11.8. The summed E-state index contributed by atoms with van der Waals surface area (Å²) in [6.07, 6.45) is 0.555. The molecule has 3 rings (SSSR count). The molecular weight excluding hydrogens is 463 g/mol. The van der Waals surface area contributed by atoms with Gasteiger partial charge in [0.05, 0.1) is 22.8 Å². The maximum atomic E-state index is 13.0. The lowest BCUT2D eigenvalue weighted by molar-refractivity contribution is -0.137. The van der Waals surface area contributed by atoms with E-state index in [9.17, 15) is 23.1 Å². The minimum atomic E-state index is -4.40. The summed E-state index contributed by atoms with van der Waals surface area (Å²) in [5.74, 6) is 1.38. The van der Waals surface area contributed by atoms with Gasteiger partial charge in [-0.1, -0.05) is 26.3 Å². The number of pyridine rings is 1. The summed E-state index contributed by atoms with van der Waals surface area (Å²) in [5, 5.41) is 11.3. The van der Waals surface area contributed by atoms with E-state index in [1.54, 1.807) is 0 Å². The van der Waals surface area contributed by atoms with Crippen LogP contribution < -0.4 is 4.74 Å². The summed E-state index contributed by atoms with van der Waals surface area (Å²) in [6, 6.07) is 8.02. The first-order chi connectivity index (χ1) is 16.2. The number of allylic oxidation sites excluding steroid dienone is 2. The van der Waals surface area contributed by atoms with Crippen molar-refractivity contribution >= 4 is 23.1 Å². The lowest BCUT2D eigenvalue weighted by atomic mass is 9.81. The van der Waals surface area contributed by atoms with E-state index < -0.39 is 11.7 Å². The average Bonchev–Trinajstić information content (AvgIpc) is 2.79. The Kier molecular flexibility index (Phi) is 9.05. The Morgan fingerprint density at radius 1 is 1.18 bits per heavy atom. The molecule has 0 amide bonds. The van der Waals surface area contributed by atoms with Crippen LogP contribution in [0.5, 0.6) is 5.75 Å². The first-order valence-electron chi connectivity index (χ1n) is 11.6. The van der Waals surface area contributed by atoms with Gasteiger partial charge in [0, 0.05) is 19.0 Å². The van der Waals surface area contributed by atoms with Crippen molar-refractivity contribution < 1.29 is 27.8 Å². The Morgan fingerprint density at radius 2 is 1.97 bits per heavy atom. The number of alkyl halides is 3. The molecule has 0 bridgehead atoms. The number of carbonyl (C=O) groups excluding carboxylic acids is 1. The van der Waals surface area contributed by atoms with Crippen LogP contribution in [0.2, 0.25) is 0 Å². The van der Waals surface area contributed by atoms with Gasteiger partial charge in [-0.3, -0.25) is 4.79 Å². The number of ether oxygens (including phenoxy) is 1. The van der Waals surface area contributed by atoms with Gasteiger partial charge in [0.1, 0.15) is 11.5 Å². The van der Waals surface area contributed by atoms with Gasteiger partial charge in [0.2, 0.25) is 0 Å². The largest absolute Gasteiger partial charge is 0.512 e. The number of thioether (sulfide) groups is 1. The molecule has 1 aliphatic rings. The molecule has 1 aromatic carbocycles. The molecule has 0 saturated carbocycles. The molecule has 8 heteroatoms. The maximum absolute atomic E-state index is 13.0. The second-order valence-corrected chi connectivity index (χ2v) is 9.53. The van der Waals surface area contributed by atoms with Crippen molar-refractivity contribution in [2.24, 2.45) is 5.92 Å². The van der Waals surface area contributed by atoms with Crippen molar-refractivity contribution in [2.45, 2.75) is 63.6 Å². The highest BCUT2D eigenvalue weighted by atomic mass is 32.2. The number of Topliss-reactive ketones (excluding diaryl/α,β-unsaturated/α-hetero) is 1. The van der Waals surface area contributed by atoms with E-state index in [4.69, 9.17) is 4.74 Å². The normalized spacial score (nSPS) is 16.7. The van der Waals surface area contributed by atoms with Crippen LogP contribution in [0.4, 0.5) is 13.2 Å². The zero-order valence-electron chi connectivity index (χ0n) is 19.5. The van der Waals surface area contributed by atoms with Crippen molar-refractivity contribution in [1.29, 1.82) is 0 Å². The monoisotopic (exact) mass is 493 g/mol. The quantitative estimate of drug-likeness (QED) is 0.279. The van der Waals surface area contributed by atoms with Crippen molar-refractivity contribution in [2.75, 3.05) is 12.4 Å². The zero-order valence-corrected chi connectivity index (χ0v) is 20.3. The lowest BCUT2D eigenvalue weighted by Gasteiger charge is -2.24. The second-order valence-electron chi connectivity index (χ2n) is 8.41. The Bertz CT molecular complexity index is 1020. The van der Waals surface area contributed by atoms with Crippen LogP contribution in [0.15, 0.2) is 47.3 Å². The summed E-state index contributed by atoms with van der Waals surface area (Å²) in [6.45, 7) is 4.76. The first-order valence-corrected chi connectivity index (χ1v) is 12.6. The molecule has 4 nitrogen and oxygen atoms in total. The van der Waals surface area contributed by atoms with Crippen LogP contribution in [0.25, 0.3) is 5.57 Å². The molecule has 34 heavy (non-hydrogen) atoms. The minimum Gasteiger partial charge on any atom is -0.512 e. The number of halogens is 3. The molecule has 1 aliphatic carbocycles. The van der Waals surface area contributed by atoms with E-state index in [1.165, 1.54) is 17.8 Å². The van der Waals surface area contributed by atoms with E-state index in [2.05, 4.69) is 11.9 Å². The number of aryl methyl sites for hydroxylation is 1. The summed E-state index contributed by atoms with van der Waals surface area (Å²) in [4.78, 5) is 16.8. The molecule has 2 aromatic rings. The van der Waals surface area contributed by atoms with Crippen LogP contribution in [-0.2, 0) is 17.4 Å². The molecule has 0 saturated heterocycles. The fourth-order valence-electron chi connectivity index (χ4n) is 3.98. The van der Waals surface area contributed by atoms with Crippen molar-refractivity contribution in [3.8, 4) is 5.75 Å². The van der Waals surface area contributed by atoms with E-state index in [-0.39, 0.29) is 17.5 Å². The Hall–Kier alpha value is -2.48. The average molecular weight is 494 g/mol. The third kappa shape index (κ3) is 6.78. The number of rotatable bonds is 10. The highest BCUT2D eigenvalue weighted by molar-refractivity contribution is 7.99. The number of aliphatic hydroxyl groups is 1. The lowest BCUT2D eigenvalue weighted by Crippen LogP contribution is -2.20. The summed E-state index contributed by atoms with van der Waals surface area (Å²) >= 11 is 1.35. The summed E-state index contributed by atoms with van der Waals surface area (Å²) in [7, 11) is 0. The van der Waals surface area contributed by atoms with Gasteiger partial charge >= 0.3 is 6.18 Å². The van der Waals surface area contributed by atoms with Crippen LogP contribution in [0, 0.1) is 5.92 Å². The SMILES string of the molecule is CCCCOc1ccc(C2=C(O)CC(CCSc3ccc(C(F)(F)F)cn3)CC2=O)c(CC)c1. The predicted molar refractivity (Wildman–Crippen MR) is 128 cm³/mol. The van der Waals surface area contributed by atoms with Crippen LogP contribution in [0.3, 0.4) is 0 Å². The topological polar surface area (TPSA) is 59.4 Å². The third-order valence-corrected chi connectivity index (χ3v) is 6.83. The van der Waals surface area contributed by atoms with Crippen LogP contribution >= 0.6 is 11.8 Å². The van der Waals surface area contributed by atoms with Gasteiger partial charge in [-0.25, -0.2) is 4.98 Å². The third-order valence-electron chi connectivity index (χ3n) is 5.86. The molecule has 1 unspecified atom stereocenters. The van der Waals surface area contributed by atoms with Gasteiger partial charge in [0.15, 0.2) is 5.78 Å². The molecule has 184 valence electrons. The number of aliphatic hydroxyl groups excluding tert-OH is 1. The number of ketones is 1. The van der Waals surface area contributed by atoms with Crippen molar-refractivity contribution in [3.05, 3.63) is 59.0 Å². The highest BCUT2D eigenvalue weighted by Gasteiger charge is 2.31. The molecule has 0 radical (unpaired) electrons. The van der Waals surface area contributed by atoms with E-state index in [1.807, 2.05) is 25.1 Å². The van der Waals surface area contributed by atoms with E-state index >= 15 is 0 Å². The molecule has 0 aliphatic heterocycles. The number of hydrogen-bond donors (Lipinski definition) is 1. The zero-order chi connectivity index (χ0) is 24.7. The van der Waals surface area contributed by atoms with Crippen molar-refractivity contribution in [1.82, 2.24) is 4.98 Å². The molecule has 0 fully saturated rings. The molecule has 0 spiro atoms. The number of aromatic nitrogens is 1. The van der Waals surface area contributed by atoms with Crippen LogP contribution in [-0.4, -0.2) is 28.2 Å². The fraction of sp³-hybridized carbons (Fsp3) is 0.462. The Balaban J connectivity index is 1.62. The number of benzene rings is 1. The first kappa shape index (κ1) is 26.1. The number of hydrogen-bond acceptors (Lipinski definition) is 5. The minimum absolute atomic E-state index is 0.0140. The summed E-state index contributed by atoms with van der Waals surface area (Å²) in [5.41, 5.74) is 1.34. The molecule has 1 heterocycles. The number of carbonyl (C=O) groups is 1. The van der Waals surface area contributed by atoms with Crippen LogP contribution in [0.1, 0.15) is 62.6 Å². The van der Waals surface area contributed by atoms with Crippen molar-refractivity contribution in [3.63, 3.8) is 0 Å². The molecule has 1 aromatic heterocycles. The predicted octanol–water partition coefficient (Wildman–Crippen LogP) is 7.27. The maximum Gasteiger partial charge on any atom is 0.417 e. The van der Waals surface area contributed by atoms with E-state index in [0.29, 0.717) is 48.6 Å². The number of nitrogens with zero attached hydrogens (tertiary/aromatic N) is 1.